The van der Waals surface area contributed by atoms with Gasteiger partial charge in [0, 0.05) is 24.7 Å². The molecule has 0 bridgehead atoms. The predicted octanol–water partition coefficient (Wildman–Crippen LogP) is 3.05. The predicted molar refractivity (Wildman–Crippen MR) is 84.2 cm³/mol. The van der Waals surface area contributed by atoms with Gasteiger partial charge < -0.3 is 10.1 Å². The van der Waals surface area contributed by atoms with E-state index < -0.39 is 0 Å². The molecule has 1 aliphatic rings. The van der Waals surface area contributed by atoms with Crippen molar-refractivity contribution in [1.29, 1.82) is 0 Å². The highest BCUT2D eigenvalue weighted by atomic mass is 16.5. The maximum absolute atomic E-state index is 6.00. The van der Waals surface area contributed by atoms with E-state index in [0.29, 0.717) is 0 Å². The first-order chi connectivity index (χ1) is 9.85. The average Bonchev–Trinajstić information content (AvgIpc) is 3.29. The number of ether oxygens (including phenoxy) is 1. The largest absolute Gasteiger partial charge is 0.492 e. The Bertz CT molecular complexity index is 390. The minimum atomic E-state index is 0.793. The molecule has 1 aliphatic carbocycles. The Labute approximate surface area is 123 Å². The highest BCUT2D eigenvalue weighted by molar-refractivity contribution is 5.33. The molecule has 0 atom stereocenters. The first-order valence-corrected chi connectivity index (χ1v) is 7.94. The molecular formula is C17H28N2O. The van der Waals surface area contributed by atoms with Crippen LogP contribution in [0.4, 0.5) is 0 Å². The number of hydrogen-bond acceptors (Lipinski definition) is 3. The fourth-order valence-corrected chi connectivity index (χ4v) is 2.53. The van der Waals surface area contributed by atoms with E-state index in [1.165, 1.54) is 37.8 Å². The molecule has 2 rings (SSSR count). The number of rotatable bonds is 10. The van der Waals surface area contributed by atoms with Gasteiger partial charge in [0.1, 0.15) is 12.4 Å². The second-order valence-electron chi connectivity index (χ2n) is 5.61. The van der Waals surface area contributed by atoms with Crippen molar-refractivity contribution in [2.75, 3.05) is 26.7 Å². The van der Waals surface area contributed by atoms with Gasteiger partial charge in [-0.2, -0.15) is 0 Å². The van der Waals surface area contributed by atoms with Crippen molar-refractivity contribution >= 4 is 0 Å². The summed E-state index contributed by atoms with van der Waals surface area (Å²) in [6, 6.07) is 9.14. The zero-order valence-electron chi connectivity index (χ0n) is 12.9. The molecule has 1 saturated carbocycles. The molecule has 0 unspecified atom stereocenters. The molecular weight excluding hydrogens is 248 g/mol. The van der Waals surface area contributed by atoms with Crippen molar-refractivity contribution in [1.82, 2.24) is 10.2 Å². The van der Waals surface area contributed by atoms with Gasteiger partial charge in [0.05, 0.1) is 0 Å². The minimum absolute atomic E-state index is 0.793. The van der Waals surface area contributed by atoms with Crippen molar-refractivity contribution in [3.8, 4) is 5.75 Å². The second-order valence-corrected chi connectivity index (χ2v) is 5.61. The van der Waals surface area contributed by atoms with Crippen LogP contribution < -0.4 is 10.1 Å². The summed E-state index contributed by atoms with van der Waals surface area (Å²) in [5.74, 6) is 1.02. The van der Waals surface area contributed by atoms with Gasteiger partial charge >= 0.3 is 0 Å². The van der Waals surface area contributed by atoms with Crippen molar-refractivity contribution in [3.05, 3.63) is 29.8 Å². The van der Waals surface area contributed by atoms with E-state index >= 15 is 0 Å². The van der Waals surface area contributed by atoms with Crippen LogP contribution in [0.2, 0.25) is 0 Å². The Morgan fingerprint density at radius 2 is 2.05 bits per heavy atom. The van der Waals surface area contributed by atoms with Gasteiger partial charge in [-0.1, -0.05) is 31.5 Å². The quantitative estimate of drug-likeness (QED) is 0.711. The zero-order valence-corrected chi connectivity index (χ0v) is 12.9. The first kappa shape index (κ1) is 15.3. The maximum atomic E-state index is 6.00. The molecule has 112 valence electrons. The highest BCUT2D eigenvalue weighted by Gasteiger charge is 2.28. The standard InChI is InChI=1S/C17H28N2O/c1-3-4-11-19(16-9-10-16)12-13-20-17-8-6-5-7-15(17)14-18-2/h5-8,16,18H,3-4,9-14H2,1-2H3. The lowest BCUT2D eigenvalue weighted by molar-refractivity contribution is 0.198. The Hall–Kier alpha value is -1.06. The smallest absolute Gasteiger partial charge is 0.123 e. The van der Waals surface area contributed by atoms with E-state index in [-0.39, 0.29) is 0 Å². The van der Waals surface area contributed by atoms with Crippen LogP contribution in [0, 0.1) is 0 Å². The molecule has 3 nitrogen and oxygen atoms in total. The number of unbranched alkanes of at least 4 members (excludes halogenated alkanes) is 1. The third-order valence-corrected chi connectivity index (χ3v) is 3.84. The van der Waals surface area contributed by atoms with Crippen LogP contribution in [0.25, 0.3) is 0 Å². The number of nitrogens with zero attached hydrogens (tertiary/aromatic N) is 1. The Kier molecular flexibility index (Phi) is 6.34. The summed E-state index contributed by atoms with van der Waals surface area (Å²) in [6.07, 6.45) is 5.32. The molecule has 1 aromatic carbocycles. The number of nitrogens with one attached hydrogen (secondary N) is 1. The van der Waals surface area contributed by atoms with Crippen molar-refractivity contribution in [3.63, 3.8) is 0 Å². The summed E-state index contributed by atoms with van der Waals surface area (Å²) in [7, 11) is 1.97. The Balaban J connectivity index is 1.79. The van der Waals surface area contributed by atoms with E-state index in [2.05, 4.69) is 35.3 Å². The SMILES string of the molecule is CCCCN(CCOc1ccccc1CNC)C1CC1. The maximum Gasteiger partial charge on any atom is 0.123 e. The topological polar surface area (TPSA) is 24.5 Å². The van der Waals surface area contributed by atoms with Gasteiger partial charge in [-0.3, -0.25) is 4.90 Å². The monoisotopic (exact) mass is 276 g/mol. The van der Waals surface area contributed by atoms with Crippen LogP contribution in [0.3, 0.4) is 0 Å². The minimum Gasteiger partial charge on any atom is -0.492 e. The van der Waals surface area contributed by atoms with Crippen LogP contribution in [-0.2, 0) is 6.54 Å². The molecule has 0 spiro atoms. The lowest BCUT2D eigenvalue weighted by atomic mass is 10.2. The van der Waals surface area contributed by atoms with E-state index in [9.17, 15) is 0 Å². The molecule has 1 aromatic rings. The number of hydrogen-bond donors (Lipinski definition) is 1. The molecule has 1 fully saturated rings. The van der Waals surface area contributed by atoms with Crippen molar-refractivity contribution in [2.45, 2.75) is 45.2 Å². The van der Waals surface area contributed by atoms with Gasteiger partial charge in [0.15, 0.2) is 0 Å². The fraction of sp³-hybridized carbons (Fsp3) is 0.647. The lowest BCUT2D eigenvalue weighted by Crippen LogP contribution is -2.31. The molecule has 0 radical (unpaired) electrons. The molecule has 0 aromatic heterocycles. The molecule has 3 heteroatoms. The van der Waals surface area contributed by atoms with Crippen LogP contribution in [0.1, 0.15) is 38.2 Å². The molecule has 1 N–H and O–H groups in total. The zero-order chi connectivity index (χ0) is 14.2. The number of benzene rings is 1. The fourth-order valence-electron chi connectivity index (χ4n) is 2.53. The third kappa shape index (κ3) is 4.80. The van der Waals surface area contributed by atoms with Crippen molar-refractivity contribution in [2.24, 2.45) is 0 Å². The summed E-state index contributed by atoms with van der Waals surface area (Å²) in [4.78, 5) is 2.60. The highest BCUT2D eigenvalue weighted by Crippen LogP contribution is 2.27. The van der Waals surface area contributed by atoms with E-state index in [1.807, 2.05) is 13.1 Å². The molecule has 0 aliphatic heterocycles. The molecule has 20 heavy (non-hydrogen) atoms. The summed E-state index contributed by atoms with van der Waals surface area (Å²) < 4.78 is 6.00. The van der Waals surface area contributed by atoms with Crippen molar-refractivity contribution < 1.29 is 4.74 Å². The van der Waals surface area contributed by atoms with Gasteiger partial charge in [-0.25, -0.2) is 0 Å². The second kappa shape index (κ2) is 8.28. The molecule has 0 amide bonds. The van der Waals surface area contributed by atoms with Gasteiger partial charge in [0.25, 0.3) is 0 Å². The Morgan fingerprint density at radius 3 is 2.75 bits per heavy atom. The summed E-state index contributed by atoms with van der Waals surface area (Å²) in [5.41, 5.74) is 1.24. The molecule has 0 heterocycles. The van der Waals surface area contributed by atoms with E-state index in [0.717, 1.165) is 31.5 Å². The summed E-state index contributed by atoms with van der Waals surface area (Å²) in [6.45, 7) is 6.19. The Morgan fingerprint density at radius 1 is 1.25 bits per heavy atom. The summed E-state index contributed by atoms with van der Waals surface area (Å²) in [5, 5.41) is 3.19. The summed E-state index contributed by atoms with van der Waals surface area (Å²) >= 11 is 0. The molecule has 0 saturated heterocycles. The van der Waals surface area contributed by atoms with Crippen LogP contribution in [-0.4, -0.2) is 37.7 Å². The van der Waals surface area contributed by atoms with E-state index in [1.54, 1.807) is 0 Å². The average molecular weight is 276 g/mol. The third-order valence-electron chi connectivity index (χ3n) is 3.84. The van der Waals surface area contributed by atoms with Gasteiger partial charge in [-0.05, 0) is 38.9 Å². The van der Waals surface area contributed by atoms with E-state index in [4.69, 9.17) is 4.74 Å². The van der Waals surface area contributed by atoms with Crippen LogP contribution in [0.15, 0.2) is 24.3 Å². The van der Waals surface area contributed by atoms with Crippen LogP contribution >= 0.6 is 0 Å². The lowest BCUT2D eigenvalue weighted by Gasteiger charge is -2.22. The normalized spacial score (nSPS) is 14.8. The van der Waals surface area contributed by atoms with Gasteiger partial charge in [0.2, 0.25) is 0 Å². The van der Waals surface area contributed by atoms with Gasteiger partial charge in [-0.15, -0.1) is 0 Å². The van der Waals surface area contributed by atoms with Crippen LogP contribution in [0.5, 0.6) is 5.75 Å². The number of para-hydroxylation sites is 1. The first-order valence-electron chi connectivity index (χ1n) is 7.94.